The third-order valence-electron chi connectivity index (χ3n) is 4.81. The molecule has 0 spiro atoms. The Balaban J connectivity index is 1.57. The van der Waals surface area contributed by atoms with Gasteiger partial charge in [0, 0.05) is 11.7 Å². The number of para-hydroxylation sites is 1. The maximum atomic E-state index is 12.1. The van der Waals surface area contributed by atoms with Crippen molar-refractivity contribution >= 4 is 23.2 Å². The zero-order valence-corrected chi connectivity index (χ0v) is 15.6. The molecular weight excluding hydrogens is 324 g/mol. The van der Waals surface area contributed by atoms with Crippen LogP contribution >= 0.6 is 0 Å². The lowest BCUT2D eigenvalue weighted by Crippen LogP contribution is -2.39. The summed E-state index contributed by atoms with van der Waals surface area (Å²) in [5, 5.41) is 9.27. The van der Waals surface area contributed by atoms with Gasteiger partial charge in [0.05, 0.1) is 11.9 Å². The highest BCUT2D eigenvalue weighted by Crippen LogP contribution is 2.26. The number of hydrogen-bond donors (Lipinski definition) is 3. The molecule has 0 aliphatic heterocycles. The van der Waals surface area contributed by atoms with E-state index in [4.69, 9.17) is 0 Å². The molecule has 0 saturated heterocycles. The second-order valence-corrected chi connectivity index (χ2v) is 7.23. The minimum atomic E-state index is -0.171. The summed E-state index contributed by atoms with van der Waals surface area (Å²) in [5.74, 6) is 0.997. The second kappa shape index (κ2) is 8.70. The van der Waals surface area contributed by atoms with Gasteiger partial charge < -0.3 is 10.6 Å². The molecule has 3 N–H and O–H groups in total. The third kappa shape index (κ3) is 4.97. The Bertz CT molecular complexity index is 721. The van der Waals surface area contributed by atoms with Crippen LogP contribution in [0.25, 0.3) is 0 Å². The molecule has 3 rings (SSSR count). The predicted molar refractivity (Wildman–Crippen MR) is 107 cm³/mol. The maximum absolute atomic E-state index is 12.1. The van der Waals surface area contributed by atoms with Gasteiger partial charge in [0.2, 0.25) is 0 Å². The van der Waals surface area contributed by atoms with E-state index in [1.807, 2.05) is 18.2 Å². The van der Waals surface area contributed by atoms with E-state index in [-0.39, 0.29) is 12.1 Å². The SMILES string of the molecule is CC(C)c1ccccc1Nc1ccc(NC(=O)NC2CCCCC2)nc1. The first-order valence-electron chi connectivity index (χ1n) is 9.51. The molecule has 1 heterocycles. The van der Waals surface area contributed by atoms with E-state index in [2.05, 4.69) is 53.0 Å². The van der Waals surface area contributed by atoms with Gasteiger partial charge in [-0.2, -0.15) is 0 Å². The molecule has 26 heavy (non-hydrogen) atoms. The summed E-state index contributed by atoms with van der Waals surface area (Å²) in [5.41, 5.74) is 3.25. The van der Waals surface area contributed by atoms with Gasteiger partial charge in [0.25, 0.3) is 0 Å². The quantitative estimate of drug-likeness (QED) is 0.675. The van der Waals surface area contributed by atoms with Crippen LogP contribution in [0, 0.1) is 0 Å². The van der Waals surface area contributed by atoms with Crippen LogP contribution in [-0.4, -0.2) is 17.1 Å². The lowest BCUT2D eigenvalue weighted by atomic mass is 9.96. The molecule has 0 unspecified atom stereocenters. The van der Waals surface area contributed by atoms with Gasteiger partial charge in [-0.15, -0.1) is 0 Å². The summed E-state index contributed by atoms with van der Waals surface area (Å²) in [6.45, 7) is 4.35. The first kappa shape index (κ1) is 18.2. The number of amides is 2. The summed E-state index contributed by atoms with van der Waals surface area (Å²) < 4.78 is 0. The van der Waals surface area contributed by atoms with E-state index in [0.29, 0.717) is 11.7 Å². The van der Waals surface area contributed by atoms with Crippen LogP contribution in [0.4, 0.5) is 22.0 Å². The summed E-state index contributed by atoms with van der Waals surface area (Å²) in [4.78, 5) is 16.4. The van der Waals surface area contributed by atoms with Crippen molar-refractivity contribution in [3.8, 4) is 0 Å². The zero-order chi connectivity index (χ0) is 18.4. The van der Waals surface area contributed by atoms with Gasteiger partial charge >= 0.3 is 6.03 Å². The fraction of sp³-hybridized carbons (Fsp3) is 0.429. The molecule has 5 nitrogen and oxygen atoms in total. The molecule has 5 heteroatoms. The standard InChI is InChI=1S/C21H28N4O/c1-15(2)18-10-6-7-11-19(18)23-17-12-13-20(22-14-17)25-21(26)24-16-8-4-3-5-9-16/h6-7,10-16,23H,3-5,8-9H2,1-2H3,(H2,22,24,25,26). The minimum Gasteiger partial charge on any atom is -0.354 e. The fourth-order valence-corrected chi connectivity index (χ4v) is 3.40. The van der Waals surface area contributed by atoms with E-state index in [1.165, 1.54) is 24.8 Å². The average Bonchev–Trinajstić information content (AvgIpc) is 2.64. The number of pyridine rings is 1. The number of hydrogen-bond acceptors (Lipinski definition) is 3. The molecule has 1 saturated carbocycles. The summed E-state index contributed by atoms with van der Waals surface area (Å²) >= 11 is 0. The Morgan fingerprint density at radius 2 is 1.85 bits per heavy atom. The number of benzene rings is 1. The van der Waals surface area contributed by atoms with Gasteiger partial charge in [-0.25, -0.2) is 9.78 Å². The Morgan fingerprint density at radius 1 is 1.08 bits per heavy atom. The van der Waals surface area contributed by atoms with Crippen molar-refractivity contribution in [2.24, 2.45) is 0 Å². The summed E-state index contributed by atoms with van der Waals surface area (Å²) in [6.07, 6.45) is 7.55. The molecule has 0 atom stereocenters. The number of carbonyl (C=O) groups excluding carboxylic acids is 1. The van der Waals surface area contributed by atoms with Crippen LogP contribution in [0.5, 0.6) is 0 Å². The first-order valence-corrected chi connectivity index (χ1v) is 9.51. The van der Waals surface area contributed by atoms with Crippen molar-refractivity contribution in [1.82, 2.24) is 10.3 Å². The Labute approximate surface area is 155 Å². The minimum absolute atomic E-state index is 0.171. The molecule has 1 aliphatic rings. The molecule has 138 valence electrons. The zero-order valence-electron chi connectivity index (χ0n) is 15.6. The summed E-state index contributed by atoms with van der Waals surface area (Å²) in [7, 11) is 0. The van der Waals surface area contributed by atoms with Gasteiger partial charge in [-0.1, -0.05) is 51.3 Å². The van der Waals surface area contributed by atoms with Crippen molar-refractivity contribution in [2.45, 2.75) is 57.9 Å². The smallest absolute Gasteiger partial charge is 0.320 e. The highest BCUT2D eigenvalue weighted by atomic mass is 16.2. The largest absolute Gasteiger partial charge is 0.354 e. The van der Waals surface area contributed by atoms with Gasteiger partial charge in [0.1, 0.15) is 5.82 Å². The molecule has 1 aliphatic carbocycles. The summed E-state index contributed by atoms with van der Waals surface area (Å²) in [6, 6.07) is 12.1. The topological polar surface area (TPSA) is 66.0 Å². The normalized spacial score (nSPS) is 14.9. The number of anilines is 3. The van der Waals surface area contributed by atoms with Crippen LogP contribution in [-0.2, 0) is 0 Å². The van der Waals surface area contributed by atoms with E-state index >= 15 is 0 Å². The third-order valence-corrected chi connectivity index (χ3v) is 4.81. The molecular formula is C21H28N4O. The lowest BCUT2D eigenvalue weighted by Gasteiger charge is -2.22. The highest BCUT2D eigenvalue weighted by Gasteiger charge is 2.15. The number of rotatable bonds is 5. The van der Waals surface area contributed by atoms with Crippen molar-refractivity contribution in [3.05, 3.63) is 48.2 Å². The molecule has 1 aromatic carbocycles. The lowest BCUT2D eigenvalue weighted by molar-refractivity contribution is 0.244. The van der Waals surface area contributed by atoms with Crippen molar-refractivity contribution in [1.29, 1.82) is 0 Å². The molecule has 0 bridgehead atoms. The number of aromatic nitrogens is 1. The van der Waals surface area contributed by atoms with E-state index in [1.54, 1.807) is 6.20 Å². The van der Waals surface area contributed by atoms with Crippen LogP contribution in [0.1, 0.15) is 57.4 Å². The van der Waals surface area contributed by atoms with Crippen molar-refractivity contribution in [3.63, 3.8) is 0 Å². The number of urea groups is 1. The molecule has 1 fully saturated rings. The fourth-order valence-electron chi connectivity index (χ4n) is 3.40. The second-order valence-electron chi connectivity index (χ2n) is 7.23. The number of nitrogens with zero attached hydrogens (tertiary/aromatic N) is 1. The van der Waals surface area contributed by atoms with Crippen LogP contribution < -0.4 is 16.0 Å². The van der Waals surface area contributed by atoms with Crippen LogP contribution in [0.2, 0.25) is 0 Å². The maximum Gasteiger partial charge on any atom is 0.320 e. The van der Waals surface area contributed by atoms with Crippen molar-refractivity contribution in [2.75, 3.05) is 10.6 Å². The molecule has 1 aromatic heterocycles. The van der Waals surface area contributed by atoms with Gasteiger partial charge in [-0.05, 0) is 42.5 Å². The molecule has 0 radical (unpaired) electrons. The Kier molecular flexibility index (Phi) is 6.10. The average molecular weight is 352 g/mol. The van der Waals surface area contributed by atoms with E-state index in [0.717, 1.165) is 24.2 Å². The predicted octanol–water partition coefficient (Wildman–Crippen LogP) is 5.40. The van der Waals surface area contributed by atoms with Crippen LogP contribution in [0.3, 0.4) is 0 Å². The van der Waals surface area contributed by atoms with Gasteiger partial charge in [-0.3, -0.25) is 5.32 Å². The van der Waals surface area contributed by atoms with Crippen LogP contribution in [0.15, 0.2) is 42.6 Å². The highest BCUT2D eigenvalue weighted by molar-refractivity contribution is 5.88. The number of nitrogens with one attached hydrogen (secondary N) is 3. The van der Waals surface area contributed by atoms with Crippen molar-refractivity contribution < 1.29 is 4.79 Å². The Morgan fingerprint density at radius 3 is 2.54 bits per heavy atom. The first-order chi connectivity index (χ1) is 12.6. The van der Waals surface area contributed by atoms with E-state index < -0.39 is 0 Å². The molecule has 2 amide bonds. The number of carbonyl (C=O) groups is 1. The monoisotopic (exact) mass is 352 g/mol. The Hall–Kier alpha value is -2.56. The molecule has 2 aromatic rings. The van der Waals surface area contributed by atoms with E-state index in [9.17, 15) is 4.79 Å². The van der Waals surface area contributed by atoms with Gasteiger partial charge in [0.15, 0.2) is 0 Å².